The van der Waals surface area contributed by atoms with Crippen LogP contribution < -0.4 is 9.44 Å². The van der Waals surface area contributed by atoms with E-state index in [-0.39, 0.29) is 10.8 Å². The molecule has 1 aliphatic carbocycles. The van der Waals surface area contributed by atoms with Crippen LogP contribution >= 0.6 is 0 Å². The van der Waals surface area contributed by atoms with Gasteiger partial charge in [-0.15, -0.1) is 0 Å². The van der Waals surface area contributed by atoms with Crippen LogP contribution in [0.4, 0.5) is 0 Å². The third-order valence-electron chi connectivity index (χ3n) is 7.42. The van der Waals surface area contributed by atoms with Gasteiger partial charge in [-0.2, -0.15) is 0 Å². The first-order valence-electron chi connectivity index (χ1n) is 12.7. The largest absolute Gasteiger partial charge is 0.385 e. The highest BCUT2D eigenvalue weighted by Gasteiger charge is 2.36. The Labute approximate surface area is 216 Å². The van der Waals surface area contributed by atoms with Crippen molar-refractivity contribution in [2.45, 2.75) is 75.5 Å². The fourth-order valence-corrected chi connectivity index (χ4v) is 6.53. The molecule has 0 bridgehead atoms. The van der Waals surface area contributed by atoms with Crippen molar-refractivity contribution in [2.75, 3.05) is 13.1 Å². The van der Waals surface area contributed by atoms with E-state index in [0.717, 1.165) is 29.5 Å². The van der Waals surface area contributed by atoms with Crippen LogP contribution in [0.15, 0.2) is 53.4 Å². The Morgan fingerprint density at radius 1 is 0.917 bits per heavy atom. The Balaban J connectivity index is 1.50. The van der Waals surface area contributed by atoms with Crippen molar-refractivity contribution in [1.82, 2.24) is 9.44 Å². The summed E-state index contributed by atoms with van der Waals surface area (Å²) in [6.07, 6.45) is 3.49. The van der Waals surface area contributed by atoms with Crippen LogP contribution in [0.5, 0.6) is 0 Å². The van der Waals surface area contributed by atoms with Crippen LogP contribution in [0.2, 0.25) is 0 Å². The van der Waals surface area contributed by atoms with Gasteiger partial charge in [0.05, 0.1) is 15.7 Å². The van der Waals surface area contributed by atoms with Gasteiger partial charge in [0.25, 0.3) is 0 Å². The fraction of sp³-hybridized carbons (Fsp3) is 0.556. The lowest BCUT2D eigenvalue weighted by Gasteiger charge is -2.38. The molecule has 2 aromatic carbocycles. The van der Waals surface area contributed by atoms with Crippen molar-refractivity contribution in [3.8, 4) is 0 Å². The van der Waals surface area contributed by atoms with Gasteiger partial charge in [-0.05, 0) is 88.0 Å². The van der Waals surface area contributed by atoms with E-state index in [9.17, 15) is 21.9 Å². The summed E-state index contributed by atoms with van der Waals surface area (Å²) < 4.78 is 54.4. The average Bonchev–Trinajstić information content (AvgIpc) is 2.83. The molecule has 1 fully saturated rings. The summed E-state index contributed by atoms with van der Waals surface area (Å²) in [5.74, 6) is 0.565. The van der Waals surface area contributed by atoms with Gasteiger partial charge >= 0.3 is 0 Å². The molecule has 9 heteroatoms. The summed E-state index contributed by atoms with van der Waals surface area (Å²) in [5, 5.41) is 10.8. The summed E-state index contributed by atoms with van der Waals surface area (Å²) in [6, 6.07) is 14.5. The van der Waals surface area contributed by atoms with E-state index in [4.69, 9.17) is 0 Å². The molecule has 0 radical (unpaired) electrons. The van der Waals surface area contributed by atoms with E-state index < -0.39 is 30.9 Å². The maximum atomic E-state index is 12.5. The molecule has 200 valence electrons. The smallest absolute Gasteiger partial charge is 0.240 e. The molecule has 0 aliphatic heterocycles. The zero-order valence-electron chi connectivity index (χ0n) is 21.7. The first kappa shape index (κ1) is 28.8. The topological polar surface area (TPSA) is 113 Å². The van der Waals surface area contributed by atoms with Gasteiger partial charge in [0.2, 0.25) is 20.0 Å². The van der Waals surface area contributed by atoms with Gasteiger partial charge in [0, 0.05) is 13.1 Å². The standard InChI is InChI=1S/C27H40N2O5S2/c1-20(2)35(31,32)29-19-22(4)24-13-16-27(30,17-14-24)25-9-7-23(8-10-25)15-18-28-36(33,34)26-11-5-21(3)6-12-26/h5-12,20,22,24,28-30H,13-19H2,1-4H3. The molecular weight excluding hydrogens is 496 g/mol. The molecule has 0 heterocycles. The van der Waals surface area contributed by atoms with Crippen molar-refractivity contribution in [3.05, 3.63) is 65.2 Å². The van der Waals surface area contributed by atoms with E-state index in [1.807, 2.05) is 31.2 Å². The lowest BCUT2D eigenvalue weighted by molar-refractivity contribution is -0.0207. The molecule has 0 aromatic heterocycles. The third kappa shape index (κ3) is 7.38. The zero-order valence-corrected chi connectivity index (χ0v) is 23.3. The predicted molar refractivity (Wildman–Crippen MR) is 144 cm³/mol. The maximum absolute atomic E-state index is 12.5. The van der Waals surface area contributed by atoms with Crippen molar-refractivity contribution >= 4 is 20.0 Å². The molecule has 1 aliphatic rings. The first-order valence-corrected chi connectivity index (χ1v) is 15.7. The van der Waals surface area contributed by atoms with Gasteiger partial charge in [-0.25, -0.2) is 26.3 Å². The summed E-state index contributed by atoms with van der Waals surface area (Å²) in [6.45, 7) is 8.04. The van der Waals surface area contributed by atoms with Crippen molar-refractivity contribution < 1.29 is 21.9 Å². The minimum absolute atomic E-state index is 0.203. The summed E-state index contributed by atoms with van der Waals surface area (Å²) in [4.78, 5) is 0.257. The molecule has 1 unspecified atom stereocenters. The van der Waals surface area contributed by atoms with Crippen LogP contribution in [0.1, 0.15) is 63.1 Å². The number of aryl methyl sites for hydroxylation is 1. The SMILES string of the molecule is Cc1ccc(S(=O)(=O)NCCc2ccc(C3(O)CCC(C(C)CNS(=O)(=O)C(C)C)CC3)cc2)cc1. The Morgan fingerprint density at radius 2 is 1.50 bits per heavy atom. The minimum Gasteiger partial charge on any atom is -0.385 e. The lowest BCUT2D eigenvalue weighted by Crippen LogP contribution is -2.38. The van der Waals surface area contributed by atoms with Crippen molar-refractivity contribution in [3.63, 3.8) is 0 Å². The summed E-state index contributed by atoms with van der Waals surface area (Å²) in [7, 11) is -6.81. The van der Waals surface area contributed by atoms with E-state index in [0.29, 0.717) is 38.3 Å². The predicted octanol–water partition coefficient (Wildman–Crippen LogP) is 3.86. The van der Waals surface area contributed by atoms with Crippen molar-refractivity contribution in [1.29, 1.82) is 0 Å². The Morgan fingerprint density at radius 3 is 2.06 bits per heavy atom. The molecule has 0 spiro atoms. The molecular formula is C27H40N2O5S2. The molecule has 36 heavy (non-hydrogen) atoms. The Kier molecular flexibility index (Phi) is 9.38. The molecule has 0 amide bonds. The van der Waals surface area contributed by atoms with Crippen LogP contribution in [-0.2, 0) is 32.1 Å². The number of benzene rings is 2. The number of hydrogen-bond donors (Lipinski definition) is 3. The average molecular weight is 537 g/mol. The molecule has 3 rings (SSSR count). The van der Waals surface area contributed by atoms with E-state index in [1.54, 1.807) is 38.1 Å². The Hall–Kier alpha value is -1.78. The number of aliphatic hydroxyl groups is 1. The second kappa shape index (κ2) is 11.7. The number of rotatable bonds is 11. The van der Waals surface area contributed by atoms with Gasteiger partial charge < -0.3 is 5.11 Å². The second-order valence-electron chi connectivity index (χ2n) is 10.4. The van der Waals surface area contributed by atoms with Crippen molar-refractivity contribution in [2.24, 2.45) is 11.8 Å². The van der Waals surface area contributed by atoms with E-state index >= 15 is 0 Å². The molecule has 2 aromatic rings. The second-order valence-corrected chi connectivity index (χ2v) is 14.5. The van der Waals surface area contributed by atoms with Gasteiger partial charge in [0.1, 0.15) is 0 Å². The number of nitrogens with one attached hydrogen (secondary N) is 2. The van der Waals surface area contributed by atoms with Gasteiger partial charge in [-0.1, -0.05) is 48.9 Å². The maximum Gasteiger partial charge on any atom is 0.240 e. The number of sulfonamides is 2. The summed E-state index contributed by atoms with van der Waals surface area (Å²) in [5.41, 5.74) is 1.98. The highest BCUT2D eigenvalue weighted by atomic mass is 32.2. The highest BCUT2D eigenvalue weighted by Crippen LogP contribution is 2.41. The van der Waals surface area contributed by atoms with Gasteiger partial charge in [0.15, 0.2) is 0 Å². The molecule has 1 atom stereocenters. The third-order valence-corrected chi connectivity index (χ3v) is 10.7. The molecule has 1 saturated carbocycles. The van der Waals surface area contributed by atoms with Crippen LogP contribution in [0, 0.1) is 18.8 Å². The Bertz CT molecular complexity index is 1200. The quantitative estimate of drug-likeness (QED) is 0.404. The van der Waals surface area contributed by atoms with E-state index in [2.05, 4.69) is 16.4 Å². The van der Waals surface area contributed by atoms with Crippen LogP contribution in [0.3, 0.4) is 0 Å². The van der Waals surface area contributed by atoms with Crippen LogP contribution in [0.25, 0.3) is 0 Å². The normalized spacial score (nSPS) is 22.0. The minimum atomic E-state index is -3.54. The van der Waals surface area contributed by atoms with Gasteiger partial charge in [-0.3, -0.25) is 0 Å². The first-order chi connectivity index (χ1) is 16.8. The lowest BCUT2D eigenvalue weighted by atomic mass is 9.71. The molecule has 0 saturated heterocycles. The monoisotopic (exact) mass is 536 g/mol. The van der Waals surface area contributed by atoms with E-state index in [1.165, 1.54) is 0 Å². The molecule has 3 N–H and O–H groups in total. The summed E-state index contributed by atoms with van der Waals surface area (Å²) >= 11 is 0. The molecule has 7 nitrogen and oxygen atoms in total. The fourth-order valence-electron chi connectivity index (χ4n) is 4.67. The number of hydrogen-bond acceptors (Lipinski definition) is 5. The van der Waals surface area contributed by atoms with Crippen LogP contribution in [-0.4, -0.2) is 40.3 Å². The zero-order chi connectivity index (χ0) is 26.6. The highest BCUT2D eigenvalue weighted by molar-refractivity contribution is 7.90.